The third kappa shape index (κ3) is 2.51. The largest absolute Gasteiger partial charge is 0.361 e. The number of hydrogen-bond acceptors (Lipinski definition) is 3. The molecule has 0 atom stereocenters. The van der Waals surface area contributed by atoms with Crippen LogP contribution in [0.3, 0.4) is 0 Å². The van der Waals surface area contributed by atoms with Gasteiger partial charge < -0.3 is 4.98 Å². The molecule has 2 heterocycles. The number of fused-ring (bicyclic) bond motifs is 5. The first kappa shape index (κ1) is 16.0. The lowest BCUT2D eigenvalue weighted by Crippen LogP contribution is -2.18. The molecule has 0 bridgehead atoms. The van der Waals surface area contributed by atoms with Crippen molar-refractivity contribution in [3.05, 3.63) is 65.4 Å². The Morgan fingerprint density at radius 1 is 1.00 bits per heavy atom. The second kappa shape index (κ2) is 6.21. The number of aryl methyl sites for hydroxylation is 1. The molecule has 4 N–H and O–H groups in total. The molecule has 0 unspecified atom stereocenters. The lowest BCUT2D eigenvalue weighted by Gasteiger charge is -2.22. The minimum absolute atomic E-state index is 0.00935. The zero-order chi connectivity index (χ0) is 18.4. The van der Waals surface area contributed by atoms with Crippen molar-refractivity contribution in [2.45, 2.75) is 25.7 Å². The SMILES string of the molecule is N=C(NO)c1ccc(-c2nc3ccc4[nH]ccc4c3c3c2CCCC3)cc1. The molecule has 27 heavy (non-hydrogen) atoms. The van der Waals surface area contributed by atoms with E-state index in [-0.39, 0.29) is 5.84 Å². The van der Waals surface area contributed by atoms with Gasteiger partial charge in [0.15, 0.2) is 0 Å². The van der Waals surface area contributed by atoms with Crippen LogP contribution in [0.5, 0.6) is 0 Å². The van der Waals surface area contributed by atoms with Crippen molar-refractivity contribution in [3.63, 3.8) is 0 Å². The number of H-pyrrole nitrogens is 1. The molecule has 0 saturated carbocycles. The van der Waals surface area contributed by atoms with Crippen LogP contribution in [0.25, 0.3) is 33.1 Å². The maximum absolute atomic E-state index is 8.93. The van der Waals surface area contributed by atoms with Gasteiger partial charge in [0.25, 0.3) is 0 Å². The summed E-state index contributed by atoms with van der Waals surface area (Å²) in [5.41, 5.74) is 9.61. The number of hydrogen-bond donors (Lipinski definition) is 4. The molecule has 0 fully saturated rings. The first-order valence-corrected chi connectivity index (χ1v) is 9.27. The number of amidine groups is 1. The van der Waals surface area contributed by atoms with Gasteiger partial charge in [-0.1, -0.05) is 24.3 Å². The maximum atomic E-state index is 8.93. The number of benzene rings is 2. The van der Waals surface area contributed by atoms with Crippen molar-refractivity contribution < 1.29 is 5.21 Å². The Balaban J connectivity index is 1.75. The predicted octanol–water partition coefficient (Wildman–Crippen LogP) is 4.57. The molecule has 0 radical (unpaired) electrons. The number of aromatic amines is 1. The molecule has 0 amide bonds. The Morgan fingerprint density at radius 2 is 1.78 bits per heavy atom. The highest BCUT2D eigenvalue weighted by Crippen LogP contribution is 2.37. The summed E-state index contributed by atoms with van der Waals surface area (Å²) < 4.78 is 0. The van der Waals surface area contributed by atoms with Gasteiger partial charge >= 0.3 is 0 Å². The quantitative estimate of drug-likeness (QED) is 0.241. The average Bonchev–Trinajstić information content (AvgIpc) is 3.21. The monoisotopic (exact) mass is 356 g/mol. The Morgan fingerprint density at radius 3 is 2.56 bits per heavy atom. The van der Waals surface area contributed by atoms with Crippen LogP contribution in [0, 0.1) is 5.41 Å². The Kier molecular flexibility index (Phi) is 3.69. The molecule has 0 saturated heterocycles. The summed E-state index contributed by atoms with van der Waals surface area (Å²) in [5.74, 6) is -0.00935. The van der Waals surface area contributed by atoms with Gasteiger partial charge in [-0.05, 0) is 55.0 Å². The Bertz CT molecular complexity index is 1170. The fourth-order valence-corrected chi connectivity index (χ4v) is 4.26. The van der Waals surface area contributed by atoms with E-state index in [0.717, 1.165) is 35.1 Å². The third-order valence-electron chi connectivity index (χ3n) is 5.56. The van der Waals surface area contributed by atoms with Gasteiger partial charge in [0.2, 0.25) is 0 Å². The van der Waals surface area contributed by atoms with Crippen molar-refractivity contribution >= 4 is 27.6 Å². The second-order valence-electron chi connectivity index (χ2n) is 7.09. The van der Waals surface area contributed by atoms with Crippen LogP contribution in [0.1, 0.15) is 29.5 Å². The summed E-state index contributed by atoms with van der Waals surface area (Å²) >= 11 is 0. The van der Waals surface area contributed by atoms with Crippen LogP contribution in [0.15, 0.2) is 48.7 Å². The smallest absolute Gasteiger partial charge is 0.149 e. The lowest BCUT2D eigenvalue weighted by atomic mass is 9.85. The zero-order valence-corrected chi connectivity index (χ0v) is 14.8. The molecule has 1 aliphatic rings. The molecule has 5 heteroatoms. The van der Waals surface area contributed by atoms with E-state index in [0.29, 0.717) is 5.56 Å². The molecular weight excluding hydrogens is 336 g/mol. The summed E-state index contributed by atoms with van der Waals surface area (Å²) in [4.78, 5) is 8.36. The highest BCUT2D eigenvalue weighted by atomic mass is 16.5. The van der Waals surface area contributed by atoms with Crippen molar-refractivity contribution in [2.24, 2.45) is 0 Å². The number of pyridine rings is 1. The number of aromatic nitrogens is 2. The molecule has 4 aromatic rings. The standard InChI is InChI=1S/C22H20N4O/c23-22(26-27)14-7-5-13(6-8-14)21-16-4-2-1-3-15(16)20-17-11-12-24-18(17)9-10-19(20)25-21/h5-12,24,27H,1-4H2,(H2,23,26). The van der Waals surface area contributed by atoms with Gasteiger partial charge in [-0.2, -0.15) is 0 Å². The molecule has 5 rings (SSSR count). The van der Waals surface area contributed by atoms with E-state index in [9.17, 15) is 0 Å². The maximum Gasteiger partial charge on any atom is 0.149 e. The van der Waals surface area contributed by atoms with E-state index in [1.807, 2.05) is 35.9 Å². The van der Waals surface area contributed by atoms with Crippen LogP contribution in [-0.4, -0.2) is 21.0 Å². The highest BCUT2D eigenvalue weighted by Gasteiger charge is 2.21. The Hall–Kier alpha value is -3.18. The average molecular weight is 356 g/mol. The molecule has 134 valence electrons. The fraction of sp³-hybridized carbons (Fsp3) is 0.182. The Labute approximate surface area is 156 Å². The van der Waals surface area contributed by atoms with Crippen LogP contribution in [0.2, 0.25) is 0 Å². The molecule has 2 aromatic heterocycles. The minimum Gasteiger partial charge on any atom is -0.361 e. The molecule has 0 aliphatic heterocycles. The van der Waals surface area contributed by atoms with Crippen molar-refractivity contribution in [1.29, 1.82) is 5.41 Å². The van der Waals surface area contributed by atoms with E-state index in [1.165, 1.54) is 34.7 Å². The van der Waals surface area contributed by atoms with Crippen LogP contribution < -0.4 is 5.48 Å². The minimum atomic E-state index is -0.00935. The van der Waals surface area contributed by atoms with Gasteiger partial charge in [0.05, 0.1) is 11.2 Å². The number of nitrogens with one attached hydrogen (secondary N) is 3. The normalized spacial score (nSPS) is 13.7. The predicted molar refractivity (Wildman–Crippen MR) is 107 cm³/mol. The zero-order valence-electron chi connectivity index (χ0n) is 14.8. The number of rotatable bonds is 2. The van der Waals surface area contributed by atoms with Crippen molar-refractivity contribution in [3.8, 4) is 11.3 Å². The second-order valence-corrected chi connectivity index (χ2v) is 7.09. The molecular formula is C22H20N4O. The van der Waals surface area contributed by atoms with Crippen molar-refractivity contribution in [1.82, 2.24) is 15.4 Å². The van der Waals surface area contributed by atoms with E-state index in [4.69, 9.17) is 15.6 Å². The summed E-state index contributed by atoms with van der Waals surface area (Å²) in [6.45, 7) is 0. The highest BCUT2D eigenvalue weighted by molar-refractivity contribution is 6.08. The molecule has 0 spiro atoms. The van der Waals surface area contributed by atoms with E-state index in [1.54, 1.807) is 0 Å². The lowest BCUT2D eigenvalue weighted by molar-refractivity contribution is 0.234. The van der Waals surface area contributed by atoms with Crippen molar-refractivity contribution in [2.75, 3.05) is 0 Å². The summed E-state index contributed by atoms with van der Waals surface area (Å²) in [6, 6.07) is 14.0. The first-order chi connectivity index (χ1) is 13.3. The summed E-state index contributed by atoms with van der Waals surface area (Å²) in [7, 11) is 0. The van der Waals surface area contributed by atoms with Gasteiger partial charge in [0.1, 0.15) is 5.84 Å². The third-order valence-corrected chi connectivity index (χ3v) is 5.56. The van der Waals surface area contributed by atoms with E-state index < -0.39 is 0 Å². The molecule has 5 nitrogen and oxygen atoms in total. The van der Waals surface area contributed by atoms with Gasteiger partial charge in [-0.15, -0.1) is 0 Å². The van der Waals surface area contributed by atoms with E-state index in [2.05, 4.69) is 23.2 Å². The van der Waals surface area contributed by atoms with Gasteiger partial charge in [0, 0.05) is 33.6 Å². The number of nitrogens with zero attached hydrogens (tertiary/aromatic N) is 1. The number of hydroxylamine groups is 1. The fourth-order valence-electron chi connectivity index (χ4n) is 4.26. The van der Waals surface area contributed by atoms with E-state index >= 15 is 0 Å². The van der Waals surface area contributed by atoms with Gasteiger partial charge in [-0.3, -0.25) is 16.1 Å². The molecule has 1 aliphatic carbocycles. The molecule has 2 aromatic carbocycles. The van der Waals surface area contributed by atoms with Crippen LogP contribution in [0.4, 0.5) is 0 Å². The topological polar surface area (TPSA) is 84.8 Å². The van der Waals surface area contributed by atoms with Crippen LogP contribution >= 0.6 is 0 Å². The first-order valence-electron chi connectivity index (χ1n) is 9.27. The van der Waals surface area contributed by atoms with Crippen LogP contribution in [-0.2, 0) is 12.8 Å². The summed E-state index contributed by atoms with van der Waals surface area (Å²) in [5, 5.41) is 19.2. The van der Waals surface area contributed by atoms with Gasteiger partial charge in [-0.25, -0.2) is 4.98 Å². The summed E-state index contributed by atoms with van der Waals surface area (Å²) in [6.07, 6.45) is 6.53.